The molecule has 0 radical (unpaired) electrons. The molecule has 1 aliphatic rings. The van der Waals surface area contributed by atoms with Crippen molar-refractivity contribution in [2.75, 3.05) is 26.3 Å². The Morgan fingerprint density at radius 3 is 2.09 bits per heavy atom. The summed E-state index contributed by atoms with van der Waals surface area (Å²) >= 11 is 13.5. The summed E-state index contributed by atoms with van der Waals surface area (Å²) in [6.45, 7) is 3.13. The van der Waals surface area contributed by atoms with Gasteiger partial charge in [-0.3, -0.25) is 0 Å². The molecule has 2 aromatic carbocycles. The molecule has 0 aromatic heterocycles. The van der Waals surface area contributed by atoms with Crippen molar-refractivity contribution in [2.24, 2.45) is 4.99 Å². The minimum atomic E-state index is 0.710. The fourth-order valence-corrected chi connectivity index (χ4v) is 3.34. The molecule has 1 saturated heterocycles. The summed E-state index contributed by atoms with van der Waals surface area (Å²) in [7, 11) is 0. The van der Waals surface area contributed by atoms with E-state index in [1.165, 1.54) is 0 Å². The van der Waals surface area contributed by atoms with Crippen LogP contribution in [-0.2, 0) is 4.74 Å². The van der Waals surface area contributed by atoms with Crippen molar-refractivity contribution in [3.8, 4) is 0 Å². The zero-order valence-corrected chi connectivity index (χ0v) is 14.7. The third kappa shape index (κ3) is 4.88. The number of morpholine rings is 1. The summed E-state index contributed by atoms with van der Waals surface area (Å²) < 4.78 is 5.44. The van der Waals surface area contributed by atoms with E-state index in [1.807, 2.05) is 48.5 Å². The van der Waals surface area contributed by atoms with Gasteiger partial charge in [-0.15, -0.1) is 0 Å². The van der Waals surface area contributed by atoms with Crippen molar-refractivity contribution >= 4 is 45.8 Å². The van der Waals surface area contributed by atoms with Gasteiger partial charge in [-0.2, -0.15) is 0 Å². The number of ether oxygens (including phenoxy) is 1. The second kappa shape index (κ2) is 8.06. The predicted molar refractivity (Wildman–Crippen MR) is 98.2 cm³/mol. The Morgan fingerprint density at radius 2 is 1.48 bits per heavy atom. The Hall–Kier alpha value is -1.20. The molecule has 1 fully saturated rings. The smallest absolute Gasteiger partial charge is 0.169 e. The van der Waals surface area contributed by atoms with E-state index in [2.05, 4.69) is 4.90 Å². The molecular formula is C17H16Cl2N2OS. The number of thioether (sulfide) groups is 1. The standard InChI is InChI=1S/C17H16Cl2N2OS/c18-13-1-5-15(6-2-13)20-17(21-9-11-22-12-10-21)23-16-7-3-14(19)4-8-16/h1-8H,9-12H2. The molecule has 3 rings (SSSR count). The van der Waals surface area contributed by atoms with Crippen LogP contribution in [0, 0.1) is 0 Å². The predicted octanol–water partition coefficient (Wildman–Crippen LogP) is 5.11. The molecule has 0 saturated carbocycles. The second-order valence-corrected chi connectivity index (χ2v) is 6.94. The first-order valence-corrected chi connectivity index (χ1v) is 8.88. The molecule has 1 heterocycles. The molecule has 0 atom stereocenters. The minimum Gasteiger partial charge on any atom is -0.378 e. The molecule has 120 valence electrons. The molecule has 0 N–H and O–H groups in total. The Bertz CT molecular complexity index is 668. The van der Waals surface area contributed by atoms with Crippen molar-refractivity contribution in [1.29, 1.82) is 0 Å². The molecule has 23 heavy (non-hydrogen) atoms. The molecule has 0 aliphatic carbocycles. The number of hydrogen-bond acceptors (Lipinski definition) is 3. The van der Waals surface area contributed by atoms with Gasteiger partial charge in [0.15, 0.2) is 5.17 Å². The molecule has 1 aliphatic heterocycles. The number of benzene rings is 2. The van der Waals surface area contributed by atoms with Crippen LogP contribution in [0.2, 0.25) is 10.0 Å². The lowest BCUT2D eigenvalue weighted by molar-refractivity contribution is 0.0694. The highest BCUT2D eigenvalue weighted by atomic mass is 35.5. The van der Waals surface area contributed by atoms with Crippen LogP contribution >= 0.6 is 35.0 Å². The Balaban J connectivity index is 1.86. The number of rotatable bonds is 2. The van der Waals surface area contributed by atoms with E-state index >= 15 is 0 Å². The van der Waals surface area contributed by atoms with Crippen LogP contribution < -0.4 is 0 Å². The maximum absolute atomic E-state index is 5.96. The first-order chi connectivity index (χ1) is 11.2. The number of amidine groups is 1. The number of hydrogen-bond donors (Lipinski definition) is 0. The highest BCUT2D eigenvalue weighted by molar-refractivity contribution is 8.13. The second-order valence-electron chi connectivity index (χ2n) is 5.03. The summed E-state index contributed by atoms with van der Waals surface area (Å²) in [5.41, 5.74) is 0.886. The Kier molecular flexibility index (Phi) is 5.84. The van der Waals surface area contributed by atoms with Gasteiger partial charge in [0.2, 0.25) is 0 Å². The molecule has 0 amide bonds. The normalized spacial score (nSPS) is 15.7. The van der Waals surface area contributed by atoms with Crippen LogP contribution in [0.1, 0.15) is 0 Å². The quantitative estimate of drug-likeness (QED) is 0.419. The fraction of sp³-hybridized carbons (Fsp3) is 0.235. The maximum atomic E-state index is 5.96. The molecule has 0 spiro atoms. The third-order valence-electron chi connectivity index (χ3n) is 3.36. The van der Waals surface area contributed by atoms with Crippen molar-refractivity contribution in [1.82, 2.24) is 4.90 Å². The maximum Gasteiger partial charge on any atom is 0.169 e. The molecule has 0 unspecified atom stereocenters. The van der Waals surface area contributed by atoms with Crippen LogP contribution in [0.25, 0.3) is 0 Å². The van der Waals surface area contributed by atoms with Gasteiger partial charge in [-0.1, -0.05) is 35.0 Å². The van der Waals surface area contributed by atoms with Gasteiger partial charge in [0.1, 0.15) is 0 Å². The van der Waals surface area contributed by atoms with Crippen molar-refractivity contribution < 1.29 is 4.74 Å². The summed E-state index contributed by atoms with van der Waals surface area (Å²) in [6, 6.07) is 15.3. The number of aliphatic imine (C=N–C) groups is 1. The van der Waals surface area contributed by atoms with Crippen LogP contribution in [0.4, 0.5) is 5.69 Å². The van der Waals surface area contributed by atoms with Gasteiger partial charge in [-0.25, -0.2) is 4.99 Å². The van der Waals surface area contributed by atoms with E-state index < -0.39 is 0 Å². The molecule has 3 nitrogen and oxygen atoms in total. The number of halogens is 2. The van der Waals surface area contributed by atoms with Gasteiger partial charge in [-0.05, 0) is 48.5 Å². The lowest BCUT2D eigenvalue weighted by atomic mass is 10.3. The highest BCUT2D eigenvalue weighted by Gasteiger charge is 2.16. The zero-order chi connectivity index (χ0) is 16.1. The van der Waals surface area contributed by atoms with Crippen LogP contribution in [0.15, 0.2) is 58.4 Å². The van der Waals surface area contributed by atoms with E-state index in [-0.39, 0.29) is 0 Å². The molecule has 2 aromatic rings. The Morgan fingerprint density at radius 1 is 0.913 bits per heavy atom. The lowest BCUT2D eigenvalue weighted by Crippen LogP contribution is -2.39. The van der Waals surface area contributed by atoms with Crippen LogP contribution in [0.3, 0.4) is 0 Å². The van der Waals surface area contributed by atoms with Gasteiger partial charge in [0, 0.05) is 28.0 Å². The summed E-state index contributed by atoms with van der Waals surface area (Å²) in [6.07, 6.45) is 0. The summed E-state index contributed by atoms with van der Waals surface area (Å²) in [4.78, 5) is 8.15. The summed E-state index contributed by atoms with van der Waals surface area (Å²) in [5, 5.41) is 2.40. The summed E-state index contributed by atoms with van der Waals surface area (Å²) in [5.74, 6) is 0. The van der Waals surface area contributed by atoms with Crippen molar-refractivity contribution in [2.45, 2.75) is 4.90 Å². The molecule has 6 heteroatoms. The van der Waals surface area contributed by atoms with Crippen LogP contribution in [0.5, 0.6) is 0 Å². The van der Waals surface area contributed by atoms with Gasteiger partial charge >= 0.3 is 0 Å². The van der Waals surface area contributed by atoms with E-state index in [9.17, 15) is 0 Å². The topological polar surface area (TPSA) is 24.8 Å². The minimum absolute atomic E-state index is 0.710. The highest BCUT2D eigenvalue weighted by Crippen LogP contribution is 2.27. The fourth-order valence-electron chi connectivity index (χ4n) is 2.15. The average Bonchev–Trinajstić information content (AvgIpc) is 2.59. The Labute approximate surface area is 150 Å². The van der Waals surface area contributed by atoms with Crippen LogP contribution in [-0.4, -0.2) is 36.4 Å². The first-order valence-electron chi connectivity index (χ1n) is 7.31. The largest absolute Gasteiger partial charge is 0.378 e. The SMILES string of the molecule is Clc1ccc(N=C(Sc2ccc(Cl)cc2)N2CCOCC2)cc1. The van der Waals surface area contributed by atoms with E-state index in [0.29, 0.717) is 5.02 Å². The van der Waals surface area contributed by atoms with Crippen molar-refractivity contribution in [3.63, 3.8) is 0 Å². The van der Waals surface area contributed by atoms with E-state index in [0.717, 1.165) is 47.1 Å². The monoisotopic (exact) mass is 366 g/mol. The van der Waals surface area contributed by atoms with E-state index in [1.54, 1.807) is 11.8 Å². The van der Waals surface area contributed by atoms with E-state index in [4.69, 9.17) is 32.9 Å². The third-order valence-corrected chi connectivity index (χ3v) is 4.90. The van der Waals surface area contributed by atoms with Gasteiger partial charge in [0.25, 0.3) is 0 Å². The zero-order valence-electron chi connectivity index (χ0n) is 12.4. The lowest BCUT2D eigenvalue weighted by Gasteiger charge is -2.29. The number of nitrogens with zero attached hydrogens (tertiary/aromatic N) is 2. The molecule has 0 bridgehead atoms. The van der Waals surface area contributed by atoms with Gasteiger partial charge < -0.3 is 9.64 Å². The average molecular weight is 367 g/mol. The van der Waals surface area contributed by atoms with Crippen molar-refractivity contribution in [3.05, 3.63) is 58.6 Å². The first kappa shape index (κ1) is 16.7. The molecular weight excluding hydrogens is 351 g/mol. The van der Waals surface area contributed by atoms with Gasteiger partial charge in [0.05, 0.1) is 18.9 Å².